The van der Waals surface area contributed by atoms with Crippen molar-refractivity contribution in [3.63, 3.8) is 0 Å². The number of para-hydroxylation sites is 1. The van der Waals surface area contributed by atoms with Crippen LogP contribution in [-0.4, -0.2) is 49.9 Å². The van der Waals surface area contributed by atoms with Crippen molar-refractivity contribution >= 4 is 5.91 Å². The normalized spacial score (nSPS) is 12.3. The number of carbonyl (C=O) groups is 1. The number of unbranched alkanes of at least 4 members (excludes halogenated alkanes) is 2. The van der Waals surface area contributed by atoms with Crippen LogP contribution in [0.5, 0.6) is 11.5 Å². The van der Waals surface area contributed by atoms with Gasteiger partial charge < -0.3 is 15.4 Å². The zero-order chi connectivity index (χ0) is 19.6. The number of likely N-dealkylation sites (N-methyl/N-ethyl adjacent to an activating group) is 1. The summed E-state index contributed by atoms with van der Waals surface area (Å²) in [5, 5.41) is 0. The van der Waals surface area contributed by atoms with E-state index in [4.69, 9.17) is 10.5 Å². The van der Waals surface area contributed by atoms with Crippen LogP contribution in [0.15, 0.2) is 54.6 Å². The highest BCUT2D eigenvalue weighted by Gasteiger charge is 2.22. The summed E-state index contributed by atoms with van der Waals surface area (Å²) in [7, 11) is 6.12. The molecule has 0 aromatic heterocycles. The van der Waals surface area contributed by atoms with Crippen LogP contribution in [0.4, 0.5) is 0 Å². The highest BCUT2D eigenvalue weighted by Crippen LogP contribution is 2.25. The number of hydrogen-bond donors (Lipinski definition) is 1. The second-order valence-corrected chi connectivity index (χ2v) is 7.13. The number of primary amides is 1. The molecule has 5 heteroatoms. The largest absolute Gasteiger partial charge is 0.457 e. The Balaban J connectivity index is 1.94. The van der Waals surface area contributed by atoms with E-state index in [-0.39, 0.29) is 5.91 Å². The van der Waals surface area contributed by atoms with Gasteiger partial charge in [-0.2, -0.15) is 0 Å². The number of nitrogens with zero attached hydrogens (tertiary/aromatic N) is 2. The number of ether oxygens (including phenoxy) is 1. The van der Waals surface area contributed by atoms with Crippen molar-refractivity contribution in [2.45, 2.75) is 25.3 Å². The van der Waals surface area contributed by atoms with Gasteiger partial charge in [-0.1, -0.05) is 36.8 Å². The monoisotopic (exact) mass is 369 g/mol. The molecule has 1 unspecified atom stereocenters. The summed E-state index contributed by atoms with van der Waals surface area (Å²) in [5.74, 6) is 1.19. The molecule has 27 heavy (non-hydrogen) atoms. The number of benzene rings is 2. The summed E-state index contributed by atoms with van der Waals surface area (Å²) in [6, 6.07) is 16.8. The van der Waals surface area contributed by atoms with Gasteiger partial charge in [-0.15, -0.1) is 0 Å². The Bertz CT molecular complexity index is 686. The van der Waals surface area contributed by atoms with E-state index in [0.29, 0.717) is 0 Å². The van der Waals surface area contributed by atoms with Crippen LogP contribution >= 0.6 is 0 Å². The van der Waals surface area contributed by atoms with Crippen LogP contribution in [0, 0.1) is 0 Å². The average molecular weight is 370 g/mol. The lowest BCUT2D eigenvalue weighted by molar-refractivity contribution is -0.123. The van der Waals surface area contributed by atoms with E-state index in [1.807, 2.05) is 66.5 Å². The van der Waals surface area contributed by atoms with E-state index < -0.39 is 6.04 Å². The molecule has 0 bridgehead atoms. The predicted octanol–water partition coefficient (Wildman–Crippen LogP) is 3.67. The van der Waals surface area contributed by atoms with E-state index >= 15 is 0 Å². The summed E-state index contributed by atoms with van der Waals surface area (Å²) >= 11 is 0. The number of nitrogens with two attached hydrogens (primary N) is 1. The molecule has 0 fully saturated rings. The molecule has 0 saturated carbocycles. The summed E-state index contributed by atoms with van der Waals surface area (Å²) in [6.07, 6.45) is 3.34. The molecule has 2 aromatic carbocycles. The lowest BCUT2D eigenvalue weighted by Gasteiger charge is -2.26. The van der Waals surface area contributed by atoms with Crippen molar-refractivity contribution in [2.24, 2.45) is 5.73 Å². The fourth-order valence-electron chi connectivity index (χ4n) is 3.07. The Morgan fingerprint density at radius 3 is 2.07 bits per heavy atom. The molecule has 0 aliphatic carbocycles. The molecule has 2 aromatic rings. The molecule has 5 nitrogen and oxygen atoms in total. The smallest absolute Gasteiger partial charge is 0.239 e. The third-order valence-corrected chi connectivity index (χ3v) is 4.50. The van der Waals surface area contributed by atoms with Gasteiger partial charge in [0, 0.05) is 0 Å². The maximum Gasteiger partial charge on any atom is 0.239 e. The Morgan fingerprint density at radius 2 is 1.48 bits per heavy atom. The first-order chi connectivity index (χ1) is 13.0. The first-order valence-corrected chi connectivity index (χ1v) is 9.44. The Kier molecular flexibility index (Phi) is 8.30. The number of carbonyl (C=O) groups excluding carboxylic acids is 1. The van der Waals surface area contributed by atoms with Crippen LogP contribution < -0.4 is 10.5 Å². The molecule has 0 saturated heterocycles. The topological polar surface area (TPSA) is 58.8 Å². The maximum atomic E-state index is 12.0. The first kappa shape index (κ1) is 20.9. The molecule has 1 atom stereocenters. The second-order valence-electron chi connectivity index (χ2n) is 7.13. The summed E-state index contributed by atoms with van der Waals surface area (Å²) in [6.45, 7) is 1.93. The Hall–Kier alpha value is -2.37. The molecule has 0 radical (unpaired) electrons. The molecule has 0 heterocycles. The van der Waals surface area contributed by atoms with Crippen molar-refractivity contribution in [1.82, 2.24) is 9.80 Å². The van der Waals surface area contributed by atoms with Crippen molar-refractivity contribution in [2.75, 3.05) is 34.2 Å². The Morgan fingerprint density at radius 1 is 0.889 bits per heavy atom. The minimum absolute atomic E-state index is 0.331. The SMILES string of the molecule is CN(C)CCCCCN(C)C(C(N)=O)c1ccc(Oc2ccccc2)cc1. The zero-order valence-corrected chi connectivity index (χ0v) is 16.6. The van der Waals surface area contributed by atoms with Gasteiger partial charge >= 0.3 is 0 Å². The molecular weight excluding hydrogens is 338 g/mol. The van der Waals surface area contributed by atoms with Crippen LogP contribution in [0.2, 0.25) is 0 Å². The van der Waals surface area contributed by atoms with E-state index in [1.54, 1.807) is 0 Å². The van der Waals surface area contributed by atoms with E-state index in [9.17, 15) is 4.79 Å². The van der Waals surface area contributed by atoms with Gasteiger partial charge in [0.2, 0.25) is 5.91 Å². The van der Waals surface area contributed by atoms with Gasteiger partial charge in [-0.25, -0.2) is 0 Å². The summed E-state index contributed by atoms with van der Waals surface area (Å²) in [5.41, 5.74) is 6.57. The average Bonchev–Trinajstić information content (AvgIpc) is 2.63. The molecule has 146 valence electrons. The fourth-order valence-corrected chi connectivity index (χ4v) is 3.07. The summed E-state index contributed by atoms with van der Waals surface area (Å²) < 4.78 is 5.81. The number of amides is 1. The lowest BCUT2D eigenvalue weighted by atomic mass is 10.0. The van der Waals surface area contributed by atoms with Crippen molar-refractivity contribution in [3.05, 3.63) is 60.2 Å². The second kappa shape index (κ2) is 10.7. The number of rotatable bonds is 11. The fraction of sp³-hybridized carbons (Fsp3) is 0.409. The van der Waals surface area contributed by atoms with Crippen LogP contribution in [0.3, 0.4) is 0 Å². The van der Waals surface area contributed by atoms with Crippen LogP contribution in [-0.2, 0) is 4.79 Å². The first-order valence-electron chi connectivity index (χ1n) is 9.44. The lowest BCUT2D eigenvalue weighted by Crippen LogP contribution is -2.35. The van der Waals surface area contributed by atoms with Gasteiger partial charge in [0.25, 0.3) is 0 Å². The molecule has 0 aliphatic rings. The molecule has 0 spiro atoms. The molecule has 0 aliphatic heterocycles. The van der Waals surface area contributed by atoms with Gasteiger partial charge in [0.05, 0.1) is 0 Å². The van der Waals surface area contributed by atoms with E-state index in [1.165, 1.54) is 0 Å². The molecule has 2 N–H and O–H groups in total. The van der Waals surface area contributed by atoms with Crippen molar-refractivity contribution in [1.29, 1.82) is 0 Å². The van der Waals surface area contributed by atoms with Gasteiger partial charge in [0.15, 0.2) is 0 Å². The van der Waals surface area contributed by atoms with Gasteiger partial charge in [-0.3, -0.25) is 9.69 Å². The standard InChI is InChI=1S/C22H31N3O2/c1-24(2)16-8-5-9-17-25(3)21(22(23)26)18-12-14-20(15-13-18)27-19-10-6-4-7-11-19/h4,6-7,10-15,21H,5,8-9,16-17H2,1-3H3,(H2,23,26). The maximum absolute atomic E-state index is 12.0. The third-order valence-electron chi connectivity index (χ3n) is 4.50. The van der Waals surface area contributed by atoms with E-state index in [2.05, 4.69) is 19.0 Å². The van der Waals surface area contributed by atoms with Gasteiger partial charge in [-0.05, 0) is 76.9 Å². The van der Waals surface area contributed by atoms with E-state index in [0.717, 1.165) is 49.4 Å². The quantitative estimate of drug-likeness (QED) is 0.614. The minimum atomic E-state index is -0.426. The van der Waals surface area contributed by atoms with Crippen molar-refractivity contribution < 1.29 is 9.53 Å². The Labute approximate surface area is 162 Å². The van der Waals surface area contributed by atoms with Crippen molar-refractivity contribution in [3.8, 4) is 11.5 Å². The molecule has 2 rings (SSSR count). The highest BCUT2D eigenvalue weighted by molar-refractivity contribution is 5.81. The van der Waals surface area contributed by atoms with Gasteiger partial charge in [0.1, 0.15) is 17.5 Å². The van der Waals surface area contributed by atoms with Crippen LogP contribution in [0.25, 0.3) is 0 Å². The predicted molar refractivity (Wildman–Crippen MR) is 110 cm³/mol. The van der Waals surface area contributed by atoms with Crippen LogP contribution in [0.1, 0.15) is 30.9 Å². The highest BCUT2D eigenvalue weighted by atomic mass is 16.5. The summed E-state index contributed by atoms with van der Waals surface area (Å²) in [4.78, 5) is 16.3. The number of hydrogen-bond acceptors (Lipinski definition) is 4. The molecule has 1 amide bonds. The molecular formula is C22H31N3O2. The minimum Gasteiger partial charge on any atom is -0.457 e. The third kappa shape index (κ3) is 7.04. The zero-order valence-electron chi connectivity index (χ0n) is 16.6.